The number of fused-ring (bicyclic) bond motifs is 2. The number of rotatable bonds is 4. The van der Waals surface area contributed by atoms with Gasteiger partial charge in [0.15, 0.2) is 17.0 Å². The highest BCUT2D eigenvalue weighted by molar-refractivity contribution is 7.16. The molecule has 2 aliphatic carbocycles. The van der Waals surface area contributed by atoms with Gasteiger partial charge in [0.25, 0.3) is 0 Å². The molecule has 0 saturated heterocycles. The van der Waals surface area contributed by atoms with E-state index in [0.29, 0.717) is 33.6 Å². The topological polar surface area (TPSA) is 105 Å². The summed E-state index contributed by atoms with van der Waals surface area (Å²) in [5.74, 6) is 7.08. The minimum absolute atomic E-state index is 0.00794. The van der Waals surface area contributed by atoms with E-state index in [1.807, 2.05) is 24.5 Å². The Balaban J connectivity index is 1.58. The molecule has 5 rings (SSSR count). The van der Waals surface area contributed by atoms with Crippen molar-refractivity contribution in [3.05, 3.63) is 33.5 Å². The van der Waals surface area contributed by atoms with Gasteiger partial charge in [-0.15, -0.1) is 11.3 Å². The first-order chi connectivity index (χ1) is 15.3. The van der Waals surface area contributed by atoms with E-state index >= 15 is 0 Å². The van der Waals surface area contributed by atoms with Gasteiger partial charge in [0.1, 0.15) is 0 Å². The van der Waals surface area contributed by atoms with Crippen molar-refractivity contribution in [3.63, 3.8) is 0 Å². The van der Waals surface area contributed by atoms with Gasteiger partial charge in [-0.25, -0.2) is 15.0 Å². The van der Waals surface area contributed by atoms with Crippen LogP contribution >= 0.6 is 22.9 Å². The van der Waals surface area contributed by atoms with Gasteiger partial charge >= 0.3 is 0 Å². The average Bonchev–Trinajstić information content (AvgIpc) is 3.04. The number of aliphatic hydroxyl groups is 1. The van der Waals surface area contributed by atoms with Crippen LogP contribution < -0.4 is 10.6 Å². The van der Waals surface area contributed by atoms with Crippen molar-refractivity contribution in [3.8, 4) is 11.8 Å². The van der Waals surface area contributed by atoms with Crippen LogP contribution in [0, 0.1) is 23.2 Å². The lowest BCUT2D eigenvalue weighted by atomic mass is 10.0. The second-order valence-electron chi connectivity index (χ2n) is 8.68. The van der Waals surface area contributed by atoms with Crippen LogP contribution in [-0.4, -0.2) is 49.7 Å². The molecular weight excluding hydrogens is 448 g/mol. The molecule has 3 aromatic heterocycles. The van der Waals surface area contributed by atoms with Gasteiger partial charge in [-0.1, -0.05) is 11.6 Å². The molecule has 2 aliphatic rings. The lowest BCUT2D eigenvalue weighted by Gasteiger charge is -2.19. The Hall–Kier alpha value is -2.67. The number of nitrogens with zero attached hydrogens (tertiary/aromatic N) is 4. The lowest BCUT2D eigenvalue weighted by Crippen LogP contribution is -2.29. The van der Waals surface area contributed by atoms with Gasteiger partial charge in [-0.05, 0) is 56.6 Å². The SMILES string of the molecule is CNC(=O)C12CC1[C@@H](n1cnc3c(NC(C)C)nc(C#Cc4ccc(Cl)s4)nc31)[C@H](O)C2. The Kier molecular flexibility index (Phi) is 5.12. The minimum Gasteiger partial charge on any atom is -0.391 e. The Morgan fingerprint density at radius 2 is 2.16 bits per heavy atom. The Labute approximate surface area is 194 Å². The predicted octanol–water partition coefficient (Wildman–Crippen LogP) is 2.82. The van der Waals surface area contributed by atoms with E-state index < -0.39 is 11.5 Å². The van der Waals surface area contributed by atoms with E-state index in [4.69, 9.17) is 11.6 Å². The monoisotopic (exact) mass is 470 g/mol. The smallest absolute Gasteiger partial charge is 0.226 e. The number of anilines is 1. The number of aliphatic hydroxyl groups excluding tert-OH is 1. The fraction of sp³-hybridized carbons (Fsp3) is 0.455. The summed E-state index contributed by atoms with van der Waals surface area (Å²) < 4.78 is 2.56. The molecule has 3 N–H and O–H groups in total. The van der Waals surface area contributed by atoms with Crippen molar-refractivity contribution in [2.45, 2.75) is 44.9 Å². The van der Waals surface area contributed by atoms with Crippen molar-refractivity contribution in [2.75, 3.05) is 12.4 Å². The number of aromatic nitrogens is 4. The zero-order valence-corrected chi connectivity index (χ0v) is 19.5. The third kappa shape index (κ3) is 3.43. The Morgan fingerprint density at radius 3 is 2.84 bits per heavy atom. The summed E-state index contributed by atoms with van der Waals surface area (Å²) in [5.41, 5.74) is 0.719. The molecule has 2 fully saturated rings. The molecule has 3 heterocycles. The number of carbonyl (C=O) groups is 1. The van der Waals surface area contributed by atoms with E-state index in [9.17, 15) is 9.90 Å². The first-order valence-corrected chi connectivity index (χ1v) is 11.7. The van der Waals surface area contributed by atoms with Gasteiger partial charge < -0.3 is 20.3 Å². The van der Waals surface area contributed by atoms with Crippen LogP contribution in [-0.2, 0) is 4.79 Å². The molecule has 32 heavy (non-hydrogen) atoms. The molecule has 0 bridgehead atoms. The maximum Gasteiger partial charge on any atom is 0.226 e. The fourth-order valence-corrected chi connectivity index (χ4v) is 5.72. The molecule has 8 nitrogen and oxygen atoms in total. The van der Waals surface area contributed by atoms with Gasteiger partial charge in [-0.3, -0.25) is 4.79 Å². The molecule has 0 radical (unpaired) electrons. The summed E-state index contributed by atoms with van der Waals surface area (Å²) >= 11 is 7.40. The molecule has 3 aromatic rings. The maximum atomic E-state index is 12.4. The predicted molar refractivity (Wildman–Crippen MR) is 124 cm³/mol. The zero-order chi connectivity index (χ0) is 22.6. The van der Waals surface area contributed by atoms with Crippen molar-refractivity contribution in [2.24, 2.45) is 11.3 Å². The molecule has 2 saturated carbocycles. The van der Waals surface area contributed by atoms with Crippen LogP contribution in [0.4, 0.5) is 5.82 Å². The number of hydrogen-bond acceptors (Lipinski definition) is 7. The van der Waals surface area contributed by atoms with Crippen LogP contribution in [0.5, 0.6) is 0 Å². The molecular formula is C22H23ClN6O2S. The summed E-state index contributed by atoms with van der Waals surface area (Å²) in [6.45, 7) is 4.04. The summed E-state index contributed by atoms with van der Waals surface area (Å²) in [6.07, 6.45) is 2.23. The number of carbonyl (C=O) groups excluding carboxylic acids is 1. The maximum absolute atomic E-state index is 12.4. The molecule has 0 aromatic carbocycles. The number of halogens is 1. The van der Waals surface area contributed by atoms with Crippen molar-refractivity contribution >= 4 is 45.8 Å². The van der Waals surface area contributed by atoms with Crippen molar-refractivity contribution < 1.29 is 9.90 Å². The first kappa shape index (κ1) is 21.2. The van der Waals surface area contributed by atoms with Gasteiger partial charge in [0, 0.05) is 13.1 Å². The second kappa shape index (κ2) is 7.73. The number of nitrogens with one attached hydrogen (secondary N) is 2. The summed E-state index contributed by atoms with van der Waals surface area (Å²) in [5, 5.41) is 16.9. The molecule has 10 heteroatoms. The highest BCUT2D eigenvalue weighted by atomic mass is 35.5. The van der Waals surface area contributed by atoms with Crippen LogP contribution in [0.3, 0.4) is 0 Å². The van der Waals surface area contributed by atoms with E-state index in [1.54, 1.807) is 19.4 Å². The van der Waals surface area contributed by atoms with Crippen LogP contribution in [0.1, 0.15) is 43.4 Å². The highest BCUT2D eigenvalue weighted by Crippen LogP contribution is 2.67. The highest BCUT2D eigenvalue weighted by Gasteiger charge is 2.69. The van der Waals surface area contributed by atoms with E-state index in [1.165, 1.54) is 11.3 Å². The van der Waals surface area contributed by atoms with Gasteiger partial charge in [0.2, 0.25) is 11.7 Å². The van der Waals surface area contributed by atoms with E-state index in [2.05, 4.69) is 37.4 Å². The Bertz CT molecular complexity index is 1270. The molecule has 1 amide bonds. The first-order valence-electron chi connectivity index (χ1n) is 10.5. The quantitative estimate of drug-likeness (QED) is 0.506. The fourth-order valence-electron chi connectivity index (χ4n) is 4.82. The van der Waals surface area contributed by atoms with Crippen molar-refractivity contribution in [1.29, 1.82) is 0 Å². The number of thiophene rings is 1. The minimum atomic E-state index is -0.650. The summed E-state index contributed by atoms with van der Waals surface area (Å²) in [4.78, 5) is 27.1. The number of hydrogen-bond donors (Lipinski definition) is 3. The second-order valence-corrected chi connectivity index (χ2v) is 10.4. The normalized spacial score (nSPS) is 26.0. The van der Waals surface area contributed by atoms with Crippen LogP contribution in [0.2, 0.25) is 4.34 Å². The molecule has 0 aliphatic heterocycles. The standard InChI is InChI=1S/C22H23ClN6O2S/c1-11(2)26-19-17-20(28-16(27-19)7-5-12-4-6-15(23)32-12)29(10-25-17)18-13-8-22(13,9-14(18)30)21(31)24-3/h4,6,10-11,13-14,18,30H,8-9H2,1-3H3,(H,24,31)(H,26,27,28)/t13?,14-,18-,22?/m1/s1. The van der Waals surface area contributed by atoms with Gasteiger partial charge in [0.05, 0.1) is 33.1 Å². The molecule has 4 atom stereocenters. The van der Waals surface area contributed by atoms with E-state index in [0.717, 1.165) is 11.3 Å². The summed E-state index contributed by atoms with van der Waals surface area (Å²) in [6, 6.07) is 3.53. The Morgan fingerprint density at radius 1 is 1.34 bits per heavy atom. The van der Waals surface area contributed by atoms with Crippen LogP contribution in [0.15, 0.2) is 18.5 Å². The molecule has 0 spiro atoms. The number of amides is 1. The third-order valence-corrected chi connectivity index (χ3v) is 7.38. The third-order valence-electron chi connectivity index (χ3n) is 6.23. The lowest BCUT2D eigenvalue weighted by molar-refractivity contribution is -0.126. The van der Waals surface area contributed by atoms with Crippen molar-refractivity contribution in [1.82, 2.24) is 24.8 Å². The molecule has 166 valence electrons. The largest absolute Gasteiger partial charge is 0.391 e. The number of imidazole rings is 1. The van der Waals surface area contributed by atoms with Gasteiger partial charge in [-0.2, -0.15) is 0 Å². The van der Waals surface area contributed by atoms with Crippen LogP contribution in [0.25, 0.3) is 11.2 Å². The average molecular weight is 471 g/mol. The zero-order valence-electron chi connectivity index (χ0n) is 17.9. The molecule has 2 unspecified atom stereocenters. The summed E-state index contributed by atoms with van der Waals surface area (Å²) in [7, 11) is 1.64. The van der Waals surface area contributed by atoms with E-state index in [-0.39, 0.29) is 23.9 Å².